The van der Waals surface area contributed by atoms with Gasteiger partial charge in [0, 0.05) is 19.6 Å². The standard InChI is InChI=1S/C18H31N3O2S.HI/c1-15(2)11-12-16(3)21-18(19-4)20-13-8-14-24(22,23)17-9-6-5-7-10-17;/h5-7,9-10,15-16H,8,11-14H2,1-4H3,(H2,19,20,21);1H. The van der Waals surface area contributed by atoms with E-state index in [1.165, 1.54) is 6.42 Å². The molecule has 0 fully saturated rings. The molecule has 2 N–H and O–H groups in total. The Hall–Kier alpha value is -0.830. The van der Waals surface area contributed by atoms with Gasteiger partial charge in [-0.1, -0.05) is 32.0 Å². The zero-order chi connectivity index (χ0) is 18.0. The smallest absolute Gasteiger partial charge is 0.191 e. The molecule has 0 bridgehead atoms. The minimum atomic E-state index is -3.21. The van der Waals surface area contributed by atoms with Gasteiger partial charge in [-0.2, -0.15) is 0 Å². The summed E-state index contributed by atoms with van der Waals surface area (Å²) in [5, 5.41) is 6.53. The predicted octanol–water partition coefficient (Wildman–Crippen LogP) is 3.46. The van der Waals surface area contributed by atoms with Gasteiger partial charge in [0.2, 0.25) is 0 Å². The summed E-state index contributed by atoms with van der Waals surface area (Å²) >= 11 is 0. The van der Waals surface area contributed by atoms with Gasteiger partial charge in [0.15, 0.2) is 15.8 Å². The van der Waals surface area contributed by atoms with Crippen LogP contribution in [0.4, 0.5) is 0 Å². The van der Waals surface area contributed by atoms with Crippen LogP contribution in [0, 0.1) is 5.92 Å². The van der Waals surface area contributed by atoms with Crippen LogP contribution in [0.5, 0.6) is 0 Å². The molecule has 0 amide bonds. The summed E-state index contributed by atoms with van der Waals surface area (Å²) in [4.78, 5) is 4.58. The van der Waals surface area contributed by atoms with E-state index in [2.05, 4.69) is 36.4 Å². The second kappa shape index (κ2) is 12.5. The molecule has 7 heteroatoms. The molecule has 144 valence electrons. The van der Waals surface area contributed by atoms with Crippen molar-refractivity contribution in [2.75, 3.05) is 19.3 Å². The summed E-state index contributed by atoms with van der Waals surface area (Å²) in [5.41, 5.74) is 0. The van der Waals surface area contributed by atoms with Crippen molar-refractivity contribution in [2.45, 2.75) is 51.0 Å². The third-order valence-corrected chi connectivity index (χ3v) is 5.58. The monoisotopic (exact) mass is 481 g/mol. The van der Waals surface area contributed by atoms with E-state index in [9.17, 15) is 8.42 Å². The van der Waals surface area contributed by atoms with Crippen molar-refractivity contribution in [1.82, 2.24) is 10.6 Å². The van der Waals surface area contributed by atoms with Crippen molar-refractivity contribution in [1.29, 1.82) is 0 Å². The molecule has 0 aliphatic heterocycles. The number of rotatable bonds is 9. The summed E-state index contributed by atoms with van der Waals surface area (Å²) in [6.07, 6.45) is 2.79. The highest BCUT2D eigenvalue weighted by molar-refractivity contribution is 14.0. The lowest BCUT2D eigenvalue weighted by Gasteiger charge is -2.18. The minimum absolute atomic E-state index is 0. The predicted molar refractivity (Wildman–Crippen MR) is 117 cm³/mol. The molecule has 0 heterocycles. The first-order chi connectivity index (χ1) is 11.3. The topological polar surface area (TPSA) is 70.6 Å². The molecular weight excluding hydrogens is 449 g/mol. The summed E-state index contributed by atoms with van der Waals surface area (Å²) in [6.45, 7) is 7.14. The van der Waals surface area contributed by atoms with Crippen molar-refractivity contribution in [3.8, 4) is 0 Å². The number of nitrogens with one attached hydrogen (secondary N) is 2. The van der Waals surface area contributed by atoms with Crippen LogP contribution in [0.2, 0.25) is 0 Å². The molecule has 0 aromatic heterocycles. The molecule has 0 saturated carbocycles. The first-order valence-corrected chi connectivity index (χ1v) is 10.3. The van der Waals surface area contributed by atoms with Crippen LogP contribution < -0.4 is 10.6 Å². The highest BCUT2D eigenvalue weighted by Crippen LogP contribution is 2.10. The Morgan fingerprint density at radius 3 is 2.32 bits per heavy atom. The van der Waals surface area contributed by atoms with E-state index in [0.29, 0.717) is 29.8 Å². The minimum Gasteiger partial charge on any atom is -0.356 e. The van der Waals surface area contributed by atoms with E-state index in [0.717, 1.165) is 12.4 Å². The normalized spacial score (nSPS) is 13.2. The first-order valence-electron chi connectivity index (χ1n) is 8.60. The van der Waals surface area contributed by atoms with Crippen LogP contribution in [0.25, 0.3) is 0 Å². The van der Waals surface area contributed by atoms with Crippen LogP contribution >= 0.6 is 24.0 Å². The number of aliphatic imine (C=N–C) groups is 1. The van der Waals surface area contributed by atoms with Crippen LogP contribution in [-0.2, 0) is 9.84 Å². The SMILES string of the molecule is CN=C(NCCCS(=O)(=O)c1ccccc1)NC(C)CCC(C)C.I. The summed E-state index contributed by atoms with van der Waals surface area (Å²) in [6, 6.07) is 8.92. The Balaban J connectivity index is 0.00000576. The van der Waals surface area contributed by atoms with Gasteiger partial charge in [0.05, 0.1) is 10.6 Å². The average molecular weight is 481 g/mol. The van der Waals surface area contributed by atoms with Crippen LogP contribution in [0.1, 0.15) is 40.0 Å². The largest absolute Gasteiger partial charge is 0.356 e. The second-order valence-corrected chi connectivity index (χ2v) is 8.61. The number of nitrogens with zero attached hydrogens (tertiary/aromatic N) is 1. The average Bonchev–Trinajstić information content (AvgIpc) is 2.56. The molecule has 1 aromatic carbocycles. The fraction of sp³-hybridized carbons (Fsp3) is 0.611. The van der Waals surface area contributed by atoms with Gasteiger partial charge in [0.25, 0.3) is 0 Å². The Kier molecular flexibility index (Phi) is 12.1. The molecule has 25 heavy (non-hydrogen) atoms. The molecule has 1 rings (SSSR count). The van der Waals surface area contributed by atoms with Crippen molar-refractivity contribution >= 4 is 39.8 Å². The second-order valence-electron chi connectivity index (χ2n) is 6.50. The van der Waals surface area contributed by atoms with E-state index in [4.69, 9.17) is 0 Å². The lowest BCUT2D eigenvalue weighted by Crippen LogP contribution is -2.42. The number of sulfone groups is 1. The van der Waals surface area contributed by atoms with Gasteiger partial charge in [-0.15, -0.1) is 24.0 Å². The van der Waals surface area contributed by atoms with Gasteiger partial charge >= 0.3 is 0 Å². The van der Waals surface area contributed by atoms with Crippen molar-refractivity contribution in [2.24, 2.45) is 10.9 Å². The number of guanidine groups is 1. The maximum atomic E-state index is 12.2. The van der Waals surface area contributed by atoms with Crippen molar-refractivity contribution < 1.29 is 8.42 Å². The van der Waals surface area contributed by atoms with E-state index >= 15 is 0 Å². The zero-order valence-corrected chi connectivity index (χ0v) is 18.8. The van der Waals surface area contributed by atoms with E-state index < -0.39 is 9.84 Å². The van der Waals surface area contributed by atoms with Gasteiger partial charge in [-0.25, -0.2) is 8.42 Å². The van der Waals surface area contributed by atoms with Gasteiger partial charge in [-0.05, 0) is 44.2 Å². The Bertz CT molecular complexity index is 604. The molecule has 1 atom stereocenters. The highest BCUT2D eigenvalue weighted by atomic mass is 127. The molecule has 0 aliphatic carbocycles. The third kappa shape index (κ3) is 10.0. The molecule has 5 nitrogen and oxygen atoms in total. The quantitative estimate of drug-likeness (QED) is 0.245. The molecular formula is C18H32IN3O2S. The number of benzene rings is 1. The van der Waals surface area contributed by atoms with Crippen LogP contribution in [-0.4, -0.2) is 39.8 Å². The summed E-state index contributed by atoms with van der Waals surface area (Å²) in [7, 11) is -1.48. The van der Waals surface area contributed by atoms with E-state index in [-0.39, 0.29) is 29.7 Å². The highest BCUT2D eigenvalue weighted by Gasteiger charge is 2.13. The molecule has 0 saturated heterocycles. The van der Waals surface area contributed by atoms with Crippen molar-refractivity contribution in [3.63, 3.8) is 0 Å². The fourth-order valence-electron chi connectivity index (χ4n) is 2.30. The number of hydrogen-bond acceptors (Lipinski definition) is 3. The molecule has 0 aliphatic rings. The zero-order valence-electron chi connectivity index (χ0n) is 15.7. The third-order valence-electron chi connectivity index (χ3n) is 3.77. The molecule has 1 aromatic rings. The maximum Gasteiger partial charge on any atom is 0.191 e. The van der Waals surface area contributed by atoms with Crippen LogP contribution in [0.15, 0.2) is 40.2 Å². The van der Waals surface area contributed by atoms with Gasteiger partial charge < -0.3 is 10.6 Å². The number of hydrogen-bond donors (Lipinski definition) is 2. The maximum absolute atomic E-state index is 12.2. The van der Waals surface area contributed by atoms with Crippen LogP contribution in [0.3, 0.4) is 0 Å². The lowest BCUT2D eigenvalue weighted by molar-refractivity contribution is 0.489. The Morgan fingerprint density at radius 2 is 1.76 bits per heavy atom. The van der Waals surface area contributed by atoms with Crippen molar-refractivity contribution in [3.05, 3.63) is 30.3 Å². The van der Waals surface area contributed by atoms with Gasteiger partial charge in [0.1, 0.15) is 0 Å². The number of halogens is 1. The molecule has 1 unspecified atom stereocenters. The lowest BCUT2D eigenvalue weighted by atomic mass is 10.0. The Morgan fingerprint density at radius 1 is 1.12 bits per heavy atom. The Labute approximate surface area is 170 Å². The fourth-order valence-corrected chi connectivity index (χ4v) is 3.63. The summed E-state index contributed by atoms with van der Waals surface area (Å²) < 4.78 is 24.4. The molecule has 0 spiro atoms. The molecule has 0 radical (unpaired) electrons. The van der Waals surface area contributed by atoms with Gasteiger partial charge in [-0.3, -0.25) is 4.99 Å². The summed E-state index contributed by atoms with van der Waals surface area (Å²) in [5.74, 6) is 1.54. The first kappa shape index (κ1) is 24.2. The van der Waals surface area contributed by atoms with E-state index in [1.807, 2.05) is 6.07 Å². The van der Waals surface area contributed by atoms with E-state index in [1.54, 1.807) is 31.3 Å².